The summed E-state index contributed by atoms with van der Waals surface area (Å²) >= 11 is 0. The highest BCUT2D eigenvalue weighted by molar-refractivity contribution is 7.86. The van der Waals surface area contributed by atoms with E-state index in [-0.39, 0.29) is 6.04 Å². The molecular formula is C6H15N3O2S. The molecule has 72 valence electrons. The molecule has 1 aliphatic rings. The highest BCUT2D eigenvalue weighted by Gasteiger charge is 2.30. The topological polar surface area (TPSA) is 66.6 Å². The molecule has 1 aliphatic heterocycles. The van der Waals surface area contributed by atoms with E-state index >= 15 is 0 Å². The minimum absolute atomic E-state index is 0.000255. The Morgan fingerprint density at radius 3 is 2.42 bits per heavy atom. The SMILES string of the molecule is CN(C)S(=O)(=O)N1CC[C@H](N)C1. The summed E-state index contributed by atoms with van der Waals surface area (Å²) in [7, 11) is -0.169. The number of nitrogens with zero attached hydrogens (tertiary/aromatic N) is 2. The molecular weight excluding hydrogens is 178 g/mol. The predicted octanol–water partition coefficient (Wildman–Crippen LogP) is -1.17. The van der Waals surface area contributed by atoms with E-state index in [0.29, 0.717) is 13.1 Å². The zero-order valence-electron chi connectivity index (χ0n) is 7.40. The van der Waals surface area contributed by atoms with Gasteiger partial charge in [0.1, 0.15) is 0 Å². The first-order valence-electron chi connectivity index (χ1n) is 3.88. The van der Waals surface area contributed by atoms with Crippen molar-refractivity contribution in [3.63, 3.8) is 0 Å². The molecule has 12 heavy (non-hydrogen) atoms. The summed E-state index contributed by atoms with van der Waals surface area (Å²) in [6.45, 7) is 0.988. The molecule has 0 aromatic heterocycles. The molecule has 0 bridgehead atoms. The normalized spacial score (nSPS) is 26.8. The maximum atomic E-state index is 11.5. The van der Waals surface area contributed by atoms with Crippen LogP contribution in [0.5, 0.6) is 0 Å². The molecule has 0 saturated carbocycles. The van der Waals surface area contributed by atoms with E-state index < -0.39 is 10.2 Å². The zero-order chi connectivity index (χ0) is 9.35. The monoisotopic (exact) mass is 193 g/mol. The van der Waals surface area contributed by atoms with E-state index in [1.807, 2.05) is 0 Å². The van der Waals surface area contributed by atoms with Crippen molar-refractivity contribution >= 4 is 10.2 Å². The van der Waals surface area contributed by atoms with Gasteiger partial charge in [-0.25, -0.2) is 0 Å². The van der Waals surface area contributed by atoms with Crippen LogP contribution in [0.25, 0.3) is 0 Å². The Balaban J connectivity index is 2.71. The highest BCUT2D eigenvalue weighted by Crippen LogP contribution is 2.13. The molecule has 1 saturated heterocycles. The fraction of sp³-hybridized carbons (Fsp3) is 1.00. The molecule has 5 nitrogen and oxygen atoms in total. The van der Waals surface area contributed by atoms with Crippen LogP contribution in [0.2, 0.25) is 0 Å². The lowest BCUT2D eigenvalue weighted by Gasteiger charge is -2.20. The van der Waals surface area contributed by atoms with Crippen molar-refractivity contribution in [2.75, 3.05) is 27.2 Å². The van der Waals surface area contributed by atoms with E-state index in [1.165, 1.54) is 22.7 Å². The molecule has 1 heterocycles. The zero-order valence-corrected chi connectivity index (χ0v) is 8.21. The molecule has 1 fully saturated rings. The number of nitrogens with two attached hydrogens (primary N) is 1. The van der Waals surface area contributed by atoms with E-state index in [2.05, 4.69) is 0 Å². The van der Waals surface area contributed by atoms with Crippen LogP contribution in [0.15, 0.2) is 0 Å². The van der Waals surface area contributed by atoms with Gasteiger partial charge in [-0.1, -0.05) is 0 Å². The average molecular weight is 193 g/mol. The van der Waals surface area contributed by atoms with Crippen molar-refractivity contribution in [3.05, 3.63) is 0 Å². The van der Waals surface area contributed by atoms with Gasteiger partial charge in [0.05, 0.1) is 0 Å². The first kappa shape index (κ1) is 9.91. The van der Waals surface area contributed by atoms with Crippen molar-refractivity contribution in [2.45, 2.75) is 12.5 Å². The van der Waals surface area contributed by atoms with Crippen molar-refractivity contribution < 1.29 is 8.42 Å². The summed E-state index contributed by atoms with van der Waals surface area (Å²) in [5, 5.41) is 0. The van der Waals surface area contributed by atoms with Crippen LogP contribution >= 0.6 is 0 Å². The molecule has 0 unspecified atom stereocenters. The van der Waals surface area contributed by atoms with Gasteiger partial charge in [0.2, 0.25) is 0 Å². The Kier molecular flexibility index (Phi) is 2.72. The molecule has 0 radical (unpaired) electrons. The minimum Gasteiger partial charge on any atom is -0.326 e. The highest BCUT2D eigenvalue weighted by atomic mass is 32.2. The molecule has 0 aliphatic carbocycles. The van der Waals surface area contributed by atoms with Crippen LogP contribution in [0.4, 0.5) is 0 Å². The Labute approximate surface area is 73.3 Å². The molecule has 0 aromatic carbocycles. The van der Waals surface area contributed by atoms with Gasteiger partial charge < -0.3 is 5.73 Å². The quantitative estimate of drug-likeness (QED) is 0.600. The summed E-state index contributed by atoms with van der Waals surface area (Å²) in [5.74, 6) is 0. The van der Waals surface area contributed by atoms with E-state index in [9.17, 15) is 8.42 Å². The smallest absolute Gasteiger partial charge is 0.281 e. The van der Waals surface area contributed by atoms with Gasteiger partial charge in [0.25, 0.3) is 10.2 Å². The summed E-state index contributed by atoms with van der Waals surface area (Å²) in [4.78, 5) is 0. The van der Waals surface area contributed by atoms with Crippen LogP contribution < -0.4 is 5.73 Å². The number of rotatable bonds is 2. The van der Waals surface area contributed by atoms with Gasteiger partial charge in [-0.2, -0.15) is 17.0 Å². The van der Waals surface area contributed by atoms with Crippen molar-refractivity contribution in [3.8, 4) is 0 Å². The first-order valence-corrected chi connectivity index (χ1v) is 5.27. The second kappa shape index (κ2) is 3.29. The van der Waals surface area contributed by atoms with Gasteiger partial charge in [0.15, 0.2) is 0 Å². The van der Waals surface area contributed by atoms with Crippen molar-refractivity contribution in [2.24, 2.45) is 5.73 Å². The van der Waals surface area contributed by atoms with E-state index in [1.54, 1.807) is 0 Å². The Bertz CT molecular complexity index is 250. The lowest BCUT2D eigenvalue weighted by Crippen LogP contribution is -2.39. The number of hydrogen-bond donors (Lipinski definition) is 1. The Morgan fingerprint density at radius 2 is 2.08 bits per heavy atom. The minimum atomic E-state index is -3.22. The predicted molar refractivity (Wildman–Crippen MR) is 46.8 cm³/mol. The molecule has 0 amide bonds. The lowest BCUT2D eigenvalue weighted by molar-refractivity contribution is 0.418. The third-order valence-electron chi connectivity index (χ3n) is 1.98. The third-order valence-corrected chi connectivity index (χ3v) is 3.88. The van der Waals surface area contributed by atoms with Crippen LogP contribution in [-0.2, 0) is 10.2 Å². The van der Waals surface area contributed by atoms with Crippen LogP contribution in [0, 0.1) is 0 Å². The Morgan fingerprint density at radius 1 is 1.50 bits per heavy atom. The molecule has 1 atom stereocenters. The van der Waals surface area contributed by atoms with Crippen LogP contribution in [0.3, 0.4) is 0 Å². The number of hydrogen-bond acceptors (Lipinski definition) is 3. The van der Waals surface area contributed by atoms with Crippen LogP contribution in [-0.4, -0.2) is 50.3 Å². The van der Waals surface area contributed by atoms with Gasteiger partial charge in [-0.05, 0) is 6.42 Å². The van der Waals surface area contributed by atoms with Gasteiger partial charge in [0, 0.05) is 33.2 Å². The first-order chi connectivity index (χ1) is 5.44. The average Bonchev–Trinajstić information content (AvgIpc) is 2.35. The molecule has 6 heteroatoms. The molecule has 2 N–H and O–H groups in total. The third kappa shape index (κ3) is 1.77. The van der Waals surface area contributed by atoms with Crippen LogP contribution in [0.1, 0.15) is 6.42 Å². The van der Waals surface area contributed by atoms with Gasteiger partial charge in [-0.15, -0.1) is 0 Å². The fourth-order valence-corrected chi connectivity index (χ4v) is 2.37. The fourth-order valence-electron chi connectivity index (χ4n) is 1.19. The second-order valence-corrected chi connectivity index (χ2v) is 5.34. The molecule has 0 spiro atoms. The summed E-state index contributed by atoms with van der Waals surface area (Å²) in [5.41, 5.74) is 5.60. The van der Waals surface area contributed by atoms with Gasteiger partial charge in [-0.3, -0.25) is 0 Å². The second-order valence-electron chi connectivity index (χ2n) is 3.20. The maximum absolute atomic E-state index is 11.5. The molecule has 0 aromatic rings. The van der Waals surface area contributed by atoms with Crippen molar-refractivity contribution in [1.82, 2.24) is 8.61 Å². The summed E-state index contributed by atoms with van der Waals surface area (Å²) in [6.07, 6.45) is 0.757. The lowest BCUT2D eigenvalue weighted by atomic mass is 10.3. The van der Waals surface area contributed by atoms with E-state index in [4.69, 9.17) is 5.73 Å². The maximum Gasteiger partial charge on any atom is 0.281 e. The standard InChI is InChI=1S/C6H15N3O2S/c1-8(2)12(10,11)9-4-3-6(7)5-9/h6H,3-5,7H2,1-2H3/t6-/m0/s1. The summed E-state index contributed by atoms with van der Waals surface area (Å²) in [6, 6.07) is -0.000255. The van der Waals surface area contributed by atoms with E-state index in [0.717, 1.165) is 6.42 Å². The Hall–Kier alpha value is -0.170. The summed E-state index contributed by atoms with van der Waals surface area (Å²) < 4.78 is 25.6. The van der Waals surface area contributed by atoms with Gasteiger partial charge >= 0.3 is 0 Å². The largest absolute Gasteiger partial charge is 0.326 e. The van der Waals surface area contributed by atoms with Crippen molar-refractivity contribution in [1.29, 1.82) is 0 Å². The molecule has 1 rings (SSSR count).